The molecule has 0 atom stereocenters. The molecule has 0 aliphatic rings. The number of rotatable bonds is 4. The summed E-state index contributed by atoms with van der Waals surface area (Å²) < 4.78 is 1.66. The van der Waals surface area contributed by atoms with E-state index in [0.29, 0.717) is 29.4 Å². The Bertz CT molecular complexity index is 562. The van der Waals surface area contributed by atoms with Crippen molar-refractivity contribution in [1.29, 1.82) is 0 Å². The molecule has 0 unspecified atom stereocenters. The Morgan fingerprint density at radius 1 is 1.28 bits per heavy atom. The van der Waals surface area contributed by atoms with E-state index in [9.17, 15) is 4.79 Å². The van der Waals surface area contributed by atoms with E-state index in [-0.39, 0.29) is 0 Å². The second-order valence-electron chi connectivity index (χ2n) is 3.76. The van der Waals surface area contributed by atoms with E-state index in [1.54, 1.807) is 16.8 Å². The van der Waals surface area contributed by atoms with Gasteiger partial charge in [-0.2, -0.15) is 5.10 Å². The Morgan fingerprint density at radius 3 is 2.56 bits per heavy atom. The van der Waals surface area contributed by atoms with Crippen LogP contribution in [0.5, 0.6) is 0 Å². The zero-order chi connectivity index (χ0) is 13.1. The van der Waals surface area contributed by atoms with E-state index >= 15 is 0 Å². The van der Waals surface area contributed by atoms with Crippen LogP contribution in [-0.2, 0) is 12.8 Å². The van der Waals surface area contributed by atoms with Crippen LogP contribution in [-0.4, -0.2) is 26.3 Å². The normalized spacial score (nSPS) is 10.6. The SMILES string of the molecule is CCc1nn(-c2ccc(Cl)nn2)c(CC)c1C=O. The van der Waals surface area contributed by atoms with E-state index in [0.717, 1.165) is 17.7 Å². The highest BCUT2D eigenvalue weighted by Gasteiger charge is 2.16. The van der Waals surface area contributed by atoms with E-state index < -0.39 is 0 Å². The molecule has 5 nitrogen and oxygen atoms in total. The summed E-state index contributed by atoms with van der Waals surface area (Å²) in [6.07, 6.45) is 2.25. The molecule has 0 spiro atoms. The maximum Gasteiger partial charge on any atom is 0.176 e. The van der Waals surface area contributed by atoms with Crippen LogP contribution in [0.25, 0.3) is 5.82 Å². The van der Waals surface area contributed by atoms with Crippen molar-refractivity contribution in [2.45, 2.75) is 26.7 Å². The zero-order valence-electron chi connectivity index (χ0n) is 10.2. The van der Waals surface area contributed by atoms with Crippen LogP contribution in [0.3, 0.4) is 0 Å². The van der Waals surface area contributed by atoms with Gasteiger partial charge in [-0.1, -0.05) is 25.4 Å². The van der Waals surface area contributed by atoms with Gasteiger partial charge < -0.3 is 0 Å². The highest BCUT2D eigenvalue weighted by molar-refractivity contribution is 6.29. The first-order chi connectivity index (χ1) is 8.71. The predicted molar refractivity (Wildman–Crippen MR) is 68.3 cm³/mol. The molecule has 0 aliphatic heterocycles. The zero-order valence-corrected chi connectivity index (χ0v) is 11.0. The number of hydrogen-bond donors (Lipinski definition) is 0. The third-order valence-corrected chi connectivity index (χ3v) is 2.92. The van der Waals surface area contributed by atoms with E-state index in [2.05, 4.69) is 15.3 Å². The van der Waals surface area contributed by atoms with Gasteiger partial charge in [-0.05, 0) is 25.0 Å². The number of aldehydes is 1. The van der Waals surface area contributed by atoms with Gasteiger partial charge in [0.2, 0.25) is 0 Å². The molecule has 0 radical (unpaired) electrons. The van der Waals surface area contributed by atoms with Crippen molar-refractivity contribution >= 4 is 17.9 Å². The third kappa shape index (κ3) is 2.13. The van der Waals surface area contributed by atoms with E-state index in [4.69, 9.17) is 11.6 Å². The molecule has 2 aromatic heterocycles. The van der Waals surface area contributed by atoms with Gasteiger partial charge in [0.05, 0.1) is 17.0 Å². The summed E-state index contributed by atoms with van der Waals surface area (Å²) in [6.45, 7) is 3.94. The monoisotopic (exact) mass is 264 g/mol. The van der Waals surface area contributed by atoms with Crippen LogP contribution >= 0.6 is 11.6 Å². The minimum atomic E-state index is 0.329. The fourth-order valence-electron chi connectivity index (χ4n) is 1.86. The first kappa shape index (κ1) is 12.7. The standard InChI is InChI=1S/C12H13ClN4O/c1-3-9-8(7-18)10(4-2)17(16-9)12-6-5-11(13)14-15-12/h5-7H,3-4H2,1-2H3. The molecule has 18 heavy (non-hydrogen) atoms. The molecular formula is C12H13ClN4O. The second kappa shape index (κ2) is 5.27. The summed E-state index contributed by atoms with van der Waals surface area (Å²) in [6, 6.07) is 3.38. The molecular weight excluding hydrogens is 252 g/mol. The second-order valence-corrected chi connectivity index (χ2v) is 4.15. The van der Waals surface area contributed by atoms with Gasteiger partial charge in [0, 0.05) is 0 Å². The predicted octanol–water partition coefficient (Wildman–Crippen LogP) is 2.25. The molecule has 0 amide bonds. The van der Waals surface area contributed by atoms with Crippen molar-refractivity contribution in [3.63, 3.8) is 0 Å². The van der Waals surface area contributed by atoms with Gasteiger partial charge in [0.15, 0.2) is 17.3 Å². The maximum atomic E-state index is 11.2. The summed E-state index contributed by atoms with van der Waals surface area (Å²) >= 11 is 5.70. The highest BCUT2D eigenvalue weighted by Crippen LogP contribution is 2.18. The van der Waals surface area contributed by atoms with Crippen LogP contribution in [0, 0.1) is 0 Å². The lowest BCUT2D eigenvalue weighted by Gasteiger charge is -2.03. The van der Waals surface area contributed by atoms with Crippen molar-refractivity contribution in [3.8, 4) is 5.82 Å². The molecule has 0 saturated carbocycles. The average Bonchev–Trinajstić information content (AvgIpc) is 2.77. The topological polar surface area (TPSA) is 60.7 Å². The molecule has 0 fully saturated rings. The Kier molecular flexibility index (Phi) is 3.72. The number of nitrogens with zero attached hydrogens (tertiary/aromatic N) is 4. The minimum absolute atomic E-state index is 0.329. The van der Waals surface area contributed by atoms with Crippen LogP contribution in [0.4, 0.5) is 0 Å². The van der Waals surface area contributed by atoms with Crippen molar-refractivity contribution in [1.82, 2.24) is 20.0 Å². The number of hydrogen-bond acceptors (Lipinski definition) is 4. The van der Waals surface area contributed by atoms with Gasteiger partial charge in [-0.25, -0.2) is 4.68 Å². The van der Waals surface area contributed by atoms with Gasteiger partial charge in [0.1, 0.15) is 0 Å². The first-order valence-corrected chi connectivity index (χ1v) is 6.14. The van der Waals surface area contributed by atoms with Crippen molar-refractivity contribution in [2.75, 3.05) is 0 Å². The molecule has 0 aliphatic carbocycles. The average molecular weight is 265 g/mol. The highest BCUT2D eigenvalue weighted by atomic mass is 35.5. The molecule has 94 valence electrons. The van der Waals surface area contributed by atoms with Gasteiger partial charge >= 0.3 is 0 Å². The lowest BCUT2D eigenvalue weighted by atomic mass is 10.1. The number of aryl methyl sites for hydroxylation is 1. The molecule has 0 saturated heterocycles. The van der Waals surface area contributed by atoms with E-state index in [1.165, 1.54) is 0 Å². The Hall–Kier alpha value is -1.75. The van der Waals surface area contributed by atoms with Crippen molar-refractivity contribution in [3.05, 3.63) is 34.2 Å². The quantitative estimate of drug-likeness (QED) is 0.795. The van der Waals surface area contributed by atoms with Gasteiger partial charge in [-0.3, -0.25) is 4.79 Å². The molecule has 0 bridgehead atoms. The molecule has 6 heteroatoms. The first-order valence-electron chi connectivity index (χ1n) is 5.76. The maximum absolute atomic E-state index is 11.2. The Labute approximate surface area is 110 Å². The van der Waals surface area contributed by atoms with Crippen LogP contribution in [0.2, 0.25) is 5.15 Å². The largest absolute Gasteiger partial charge is 0.298 e. The van der Waals surface area contributed by atoms with Crippen LogP contribution in [0.15, 0.2) is 12.1 Å². The van der Waals surface area contributed by atoms with Crippen LogP contribution < -0.4 is 0 Å². The number of carbonyl (C=O) groups excluding carboxylic acids is 1. The summed E-state index contributed by atoms with van der Waals surface area (Å²) in [7, 11) is 0. The summed E-state index contributed by atoms with van der Waals surface area (Å²) in [5, 5.41) is 12.5. The Morgan fingerprint density at radius 2 is 2.06 bits per heavy atom. The van der Waals surface area contributed by atoms with Crippen LogP contribution in [0.1, 0.15) is 35.6 Å². The lowest BCUT2D eigenvalue weighted by Crippen LogP contribution is -2.05. The van der Waals surface area contributed by atoms with E-state index in [1.807, 2.05) is 13.8 Å². The van der Waals surface area contributed by atoms with Crippen molar-refractivity contribution in [2.24, 2.45) is 0 Å². The minimum Gasteiger partial charge on any atom is -0.298 e. The third-order valence-electron chi connectivity index (χ3n) is 2.72. The number of aromatic nitrogens is 4. The smallest absolute Gasteiger partial charge is 0.176 e. The summed E-state index contributed by atoms with van der Waals surface area (Å²) in [4.78, 5) is 11.2. The Balaban J connectivity index is 2.59. The van der Waals surface area contributed by atoms with Gasteiger partial charge in [-0.15, -0.1) is 10.2 Å². The van der Waals surface area contributed by atoms with Gasteiger partial charge in [0.25, 0.3) is 0 Å². The van der Waals surface area contributed by atoms with Crippen molar-refractivity contribution < 1.29 is 4.79 Å². The molecule has 0 N–H and O–H groups in total. The molecule has 0 aromatic carbocycles. The molecule has 2 rings (SSSR count). The fourth-order valence-corrected chi connectivity index (χ4v) is 1.97. The molecule has 2 heterocycles. The summed E-state index contributed by atoms with van der Waals surface area (Å²) in [5.74, 6) is 0.569. The summed E-state index contributed by atoms with van der Waals surface area (Å²) in [5.41, 5.74) is 2.27. The molecule has 2 aromatic rings. The number of halogens is 1. The lowest BCUT2D eigenvalue weighted by molar-refractivity contribution is 0.112. The number of carbonyl (C=O) groups is 1. The fraction of sp³-hybridized carbons (Fsp3) is 0.333.